The molecule has 0 saturated heterocycles. The molecule has 0 aliphatic heterocycles. The van der Waals surface area contributed by atoms with E-state index in [4.69, 9.17) is 11.6 Å². The second-order valence-corrected chi connectivity index (χ2v) is 5.51. The highest BCUT2D eigenvalue weighted by Gasteiger charge is 2.27. The highest BCUT2D eigenvalue weighted by Crippen LogP contribution is 2.39. The first-order valence-corrected chi connectivity index (χ1v) is 6.77. The smallest absolute Gasteiger partial charge is 0.145 e. The Labute approximate surface area is 115 Å². The Bertz CT molecular complexity index is 767. The van der Waals surface area contributed by atoms with E-state index in [1.165, 1.54) is 18.5 Å². The van der Waals surface area contributed by atoms with Crippen molar-refractivity contribution in [3.8, 4) is 5.82 Å². The molecule has 4 rings (SSSR count). The van der Waals surface area contributed by atoms with Gasteiger partial charge in [0.15, 0.2) is 0 Å². The molecule has 1 fully saturated rings. The van der Waals surface area contributed by atoms with E-state index < -0.39 is 0 Å². The summed E-state index contributed by atoms with van der Waals surface area (Å²) < 4.78 is 3.98. The molecular weight excluding hydrogens is 260 g/mol. The van der Waals surface area contributed by atoms with E-state index in [9.17, 15) is 0 Å². The van der Waals surface area contributed by atoms with Crippen LogP contribution in [0.4, 0.5) is 0 Å². The summed E-state index contributed by atoms with van der Waals surface area (Å²) in [7, 11) is 1.98. The third kappa shape index (κ3) is 1.75. The van der Waals surface area contributed by atoms with E-state index in [1.807, 2.05) is 30.1 Å². The Morgan fingerprint density at radius 3 is 2.95 bits per heavy atom. The van der Waals surface area contributed by atoms with E-state index >= 15 is 0 Å². The number of fused-ring (bicyclic) bond motifs is 1. The summed E-state index contributed by atoms with van der Waals surface area (Å²) in [5, 5.41) is 6.30. The first-order chi connectivity index (χ1) is 9.22. The molecule has 0 spiro atoms. The van der Waals surface area contributed by atoms with Crippen LogP contribution < -0.4 is 0 Å². The van der Waals surface area contributed by atoms with Gasteiger partial charge in [0.25, 0.3) is 0 Å². The molecule has 96 valence electrons. The molecule has 3 aromatic rings. The number of hydrogen-bond donors (Lipinski definition) is 0. The van der Waals surface area contributed by atoms with Gasteiger partial charge in [0.1, 0.15) is 11.5 Å². The number of pyridine rings is 1. The van der Waals surface area contributed by atoms with E-state index in [0.29, 0.717) is 10.9 Å². The van der Waals surface area contributed by atoms with Crippen LogP contribution in [0.1, 0.15) is 24.5 Å². The van der Waals surface area contributed by atoms with Gasteiger partial charge in [-0.1, -0.05) is 11.6 Å². The van der Waals surface area contributed by atoms with Crippen molar-refractivity contribution in [2.75, 3.05) is 0 Å². The van der Waals surface area contributed by atoms with Crippen LogP contribution in [0.5, 0.6) is 0 Å². The summed E-state index contributed by atoms with van der Waals surface area (Å²) in [5.41, 5.74) is 2.10. The first kappa shape index (κ1) is 11.1. The van der Waals surface area contributed by atoms with E-state index in [2.05, 4.69) is 20.7 Å². The minimum Gasteiger partial charge on any atom is -0.286 e. The van der Waals surface area contributed by atoms with Crippen LogP contribution in [-0.4, -0.2) is 19.3 Å². The van der Waals surface area contributed by atoms with Gasteiger partial charge < -0.3 is 0 Å². The van der Waals surface area contributed by atoms with Crippen molar-refractivity contribution in [2.24, 2.45) is 7.05 Å². The molecule has 0 unspecified atom stereocenters. The fourth-order valence-corrected chi connectivity index (χ4v) is 2.63. The zero-order valence-electron chi connectivity index (χ0n) is 10.5. The Balaban J connectivity index is 1.89. The lowest BCUT2D eigenvalue weighted by molar-refractivity contribution is 0.718. The summed E-state index contributed by atoms with van der Waals surface area (Å²) in [5.74, 6) is 1.70. The van der Waals surface area contributed by atoms with Crippen LogP contribution in [0.2, 0.25) is 5.02 Å². The molecule has 0 atom stereocenters. The third-order valence-electron chi connectivity index (χ3n) is 3.61. The van der Waals surface area contributed by atoms with Crippen LogP contribution in [0, 0.1) is 0 Å². The standard InChI is InChI=1S/C14H13ClN4/c1-18-13(7-12(17-18)9-2-3-9)19-5-4-10-6-11(15)8-16-14(10)19/h4-9H,2-3H2,1H3. The molecule has 0 radical (unpaired) electrons. The molecule has 4 nitrogen and oxygen atoms in total. The number of nitrogens with zero attached hydrogens (tertiary/aromatic N) is 4. The average Bonchev–Trinajstić information content (AvgIpc) is 3.05. The summed E-state index contributed by atoms with van der Waals surface area (Å²) >= 11 is 5.97. The van der Waals surface area contributed by atoms with Crippen molar-refractivity contribution in [2.45, 2.75) is 18.8 Å². The fourth-order valence-electron chi connectivity index (χ4n) is 2.47. The lowest BCUT2D eigenvalue weighted by Gasteiger charge is -2.04. The molecule has 3 aromatic heterocycles. The minimum absolute atomic E-state index is 0.657. The maximum absolute atomic E-state index is 5.97. The highest BCUT2D eigenvalue weighted by atomic mass is 35.5. The molecule has 1 aliphatic carbocycles. The van der Waals surface area contributed by atoms with Crippen molar-refractivity contribution >= 4 is 22.6 Å². The van der Waals surface area contributed by atoms with E-state index in [-0.39, 0.29) is 0 Å². The van der Waals surface area contributed by atoms with Gasteiger partial charge in [-0.3, -0.25) is 9.25 Å². The van der Waals surface area contributed by atoms with Crippen molar-refractivity contribution < 1.29 is 0 Å². The van der Waals surface area contributed by atoms with Crippen molar-refractivity contribution in [1.29, 1.82) is 0 Å². The van der Waals surface area contributed by atoms with Crippen molar-refractivity contribution in [3.63, 3.8) is 0 Å². The van der Waals surface area contributed by atoms with Crippen LogP contribution in [0.25, 0.3) is 16.9 Å². The number of hydrogen-bond acceptors (Lipinski definition) is 2. The lowest BCUT2D eigenvalue weighted by Crippen LogP contribution is -2.02. The second-order valence-electron chi connectivity index (χ2n) is 5.08. The van der Waals surface area contributed by atoms with E-state index in [0.717, 1.165) is 16.9 Å². The third-order valence-corrected chi connectivity index (χ3v) is 3.82. The van der Waals surface area contributed by atoms with Gasteiger partial charge in [0.2, 0.25) is 0 Å². The summed E-state index contributed by atoms with van der Waals surface area (Å²) in [6, 6.07) is 6.12. The van der Waals surface area contributed by atoms with Gasteiger partial charge in [-0.05, 0) is 25.0 Å². The number of rotatable bonds is 2. The highest BCUT2D eigenvalue weighted by molar-refractivity contribution is 6.31. The van der Waals surface area contributed by atoms with Crippen molar-refractivity contribution in [3.05, 3.63) is 41.3 Å². The molecule has 1 aliphatic rings. The quantitative estimate of drug-likeness (QED) is 0.718. The fraction of sp³-hybridized carbons (Fsp3) is 0.286. The van der Waals surface area contributed by atoms with Gasteiger partial charge in [0, 0.05) is 36.8 Å². The molecule has 0 amide bonds. The zero-order valence-corrected chi connectivity index (χ0v) is 11.3. The van der Waals surface area contributed by atoms with Gasteiger partial charge in [-0.2, -0.15) is 5.10 Å². The van der Waals surface area contributed by atoms with E-state index in [1.54, 1.807) is 6.20 Å². The van der Waals surface area contributed by atoms with Gasteiger partial charge in [-0.15, -0.1) is 0 Å². The maximum atomic E-state index is 5.97. The Morgan fingerprint density at radius 1 is 1.32 bits per heavy atom. The van der Waals surface area contributed by atoms with Gasteiger partial charge >= 0.3 is 0 Å². The Morgan fingerprint density at radius 2 is 2.16 bits per heavy atom. The molecule has 5 heteroatoms. The molecule has 3 heterocycles. The van der Waals surface area contributed by atoms with Crippen LogP contribution in [0.15, 0.2) is 30.6 Å². The molecule has 1 saturated carbocycles. The predicted octanol–water partition coefficient (Wildman–Crippen LogP) is 3.29. The molecule has 0 N–H and O–H groups in total. The summed E-state index contributed by atoms with van der Waals surface area (Å²) in [4.78, 5) is 4.42. The SMILES string of the molecule is Cn1nc(C2CC2)cc1-n1ccc2cc(Cl)cnc21. The van der Waals surface area contributed by atoms with Crippen molar-refractivity contribution in [1.82, 2.24) is 19.3 Å². The second kappa shape index (κ2) is 3.84. The summed E-state index contributed by atoms with van der Waals surface area (Å²) in [6.45, 7) is 0. The Hall–Kier alpha value is -1.81. The normalized spacial score (nSPS) is 15.3. The Kier molecular flexibility index (Phi) is 2.23. The van der Waals surface area contributed by atoms with Crippen LogP contribution >= 0.6 is 11.6 Å². The molecular formula is C14H13ClN4. The largest absolute Gasteiger partial charge is 0.286 e. The number of aromatic nitrogens is 4. The number of halogens is 1. The number of aryl methyl sites for hydroxylation is 1. The lowest BCUT2D eigenvalue weighted by atomic mass is 10.3. The van der Waals surface area contributed by atoms with Gasteiger partial charge in [-0.25, -0.2) is 4.98 Å². The topological polar surface area (TPSA) is 35.6 Å². The monoisotopic (exact) mass is 272 g/mol. The van der Waals surface area contributed by atoms with Crippen LogP contribution in [0.3, 0.4) is 0 Å². The van der Waals surface area contributed by atoms with Crippen LogP contribution in [-0.2, 0) is 7.05 Å². The molecule has 0 bridgehead atoms. The molecule has 0 aromatic carbocycles. The zero-order chi connectivity index (χ0) is 13.0. The molecule has 19 heavy (non-hydrogen) atoms. The van der Waals surface area contributed by atoms with Gasteiger partial charge in [0.05, 0.1) is 10.7 Å². The predicted molar refractivity (Wildman–Crippen MR) is 74.8 cm³/mol. The maximum Gasteiger partial charge on any atom is 0.145 e. The average molecular weight is 273 g/mol. The first-order valence-electron chi connectivity index (χ1n) is 6.39. The minimum atomic E-state index is 0.657. The summed E-state index contributed by atoms with van der Waals surface area (Å²) in [6.07, 6.45) is 6.22.